The number of rotatable bonds is 3. The minimum atomic E-state index is -0.129. The summed E-state index contributed by atoms with van der Waals surface area (Å²) in [6.45, 7) is 1.48. The summed E-state index contributed by atoms with van der Waals surface area (Å²) >= 11 is 1.75. The molecule has 0 saturated carbocycles. The molecule has 26 heavy (non-hydrogen) atoms. The van der Waals surface area contributed by atoms with Crippen LogP contribution in [0.4, 0.5) is 0 Å². The van der Waals surface area contributed by atoms with E-state index in [4.69, 9.17) is 4.98 Å². The molecule has 5 rings (SSSR count). The number of para-hydroxylation sites is 1. The molecule has 134 valence electrons. The number of amides is 2. The van der Waals surface area contributed by atoms with Crippen molar-refractivity contribution in [2.24, 2.45) is 11.8 Å². The number of nitrogens with one attached hydrogen (secondary N) is 1. The molecule has 0 spiro atoms. The summed E-state index contributed by atoms with van der Waals surface area (Å²) in [6.07, 6.45) is 7.69. The van der Waals surface area contributed by atoms with Crippen LogP contribution in [-0.4, -0.2) is 34.9 Å². The van der Waals surface area contributed by atoms with Gasteiger partial charge in [0.2, 0.25) is 11.8 Å². The van der Waals surface area contributed by atoms with Gasteiger partial charge < -0.3 is 4.90 Å². The standard InChI is InChI=1S/C20H21N3O2S/c24-19-13-6-1-2-7-14(13)20(25)23(19)12-22-11-5-9-16(22)18-21-15-8-3-4-10-17(15)26-18/h1-4,8,10,13-14,16H,5-7,9,11-12H2/p+1/t13-,14+,16-/m1/s1. The number of hydrogen-bond acceptors (Lipinski definition) is 4. The van der Waals surface area contributed by atoms with Crippen LogP contribution in [0, 0.1) is 11.8 Å². The van der Waals surface area contributed by atoms with E-state index >= 15 is 0 Å². The molecule has 1 aromatic carbocycles. The number of thiazole rings is 1. The molecule has 1 aromatic heterocycles. The van der Waals surface area contributed by atoms with Crippen molar-refractivity contribution in [3.05, 3.63) is 41.4 Å². The predicted octanol–water partition coefficient (Wildman–Crippen LogP) is 1.92. The van der Waals surface area contributed by atoms with E-state index in [2.05, 4.69) is 12.1 Å². The van der Waals surface area contributed by atoms with Gasteiger partial charge in [-0.05, 0) is 25.0 Å². The van der Waals surface area contributed by atoms with Crippen LogP contribution in [0.5, 0.6) is 0 Å². The highest BCUT2D eigenvalue weighted by Crippen LogP contribution is 2.35. The molecular weight excluding hydrogens is 346 g/mol. The first-order valence-corrected chi connectivity index (χ1v) is 10.2. The Morgan fingerprint density at radius 3 is 2.58 bits per heavy atom. The van der Waals surface area contributed by atoms with Gasteiger partial charge >= 0.3 is 0 Å². The van der Waals surface area contributed by atoms with Gasteiger partial charge in [-0.15, -0.1) is 11.3 Å². The smallest absolute Gasteiger partial charge is 0.237 e. The van der Waals surface area contributed by atoms with E-state index in [1.807, 2.05) is 24.3 Å². The SMILES string of the molecule is O=C1[C@H]2CC=CC[C@H]2C(=O)N1C[NH+]1CCC[C@@H]1c1nc2ccccc2s1. The topological polar surface area (TPSA) is 54.7 Å². The van der Waals surface area contributed by atoms with Crippen LogP contribution >= 0.6 is 11.3 Å². The van der Waals surface area contributed by atoms with Gasteiger partial charge in [0.25, 0.3) is 0 Å². The minimum absolute atomic E-state index is 0.0341. The second-order valence-corrected chi connectivity index (χ2v) is 8.60. The number of fused-ring (bicyclic) bond motifs is 2. The van der Waals surface area contributed by atoms with Crippen molar-refractivity contribution in [1.29, 1.82) is 0 Å². The quantitative estimate of drug-likeness (QED) is 0.665. The highest BCUT2D eigenvalue weighted by Gasteiger charge is 2.49. The average Bonchev–Trinajstić information content (AvgIpc) is 3.35. The lowest BCUT2D eigenvalue weighted by Crippen LogP contribution is -3.12. The molecular formula is C20H22N3O2S+. The molecule has 2 saturated heterocycles. The van der Waals surface area contributed by atoms with E-state index < -0.39 is 0 Å². The van der Waals surface area contributed by atoms with Crippen LogP contribution in [0.3, 0.4) is 0 Å². The highest BCUT2D eigenvalue weighted by molar-refractivity contribution is 7.18. The van der Waals surface area contributed by atoms with Gasteiger partial charge in [-0.1, -0.05) is 24.3 Å². The first-order chi connectivity index (χ1) is 12.7. The molecule has 2 amide bonds. The molecule has 3 heterocycles. The Morgan fingerprint density at radius 2 is 1.85 bits per heavy atom. The maximum absolute atomic E-state index is 12.8. The third-order valence-electron chi connectivity index (χ3n) is 6.05. The normalized spacial score (nSPS) is 31.2. The molecule has 1 aliphatic carbocycles. The summed E-state index contributed by atoms with van der Waals surface area (Å²) in [4.78, 5) is 33.2. The molecule has 2 fully saturated rings. The fourth-order valence-electron chi connectivity index (χ4n) is 4.67. The van der Waals surface area contributed by atoms with E-state index in [0.717, 1.165) is 29.9 Å². The van der Waals surface area contributed by atoms with E-state index in [1.54, 1.807) is 16.2 Å². The Hall–Kier alpha value is -2.05. The van der Waals surface area contributed by atoms with Gasteiger partial charge in [0.05, 0.1) is 28.6 Å². The number of allylic oxidation sites excluding steroid dienone is 2. The van der Waals surface area contributed by atoms with Crippen molar-refractivity contribution < 1.29 is 14.5 Å². The molecule has 0 radical (unpaired) electrons. The molecule has 2 aliphatic heterocycles. The van der Waals surface area contributed by atoms with Crippen molar-refractivity contribution >= 4 is 33.4 Å². The lowest BCUT2D eigenvalue weighted by Gasteiger charge is -2.24. The number of nitrogens with zero attached hydrogens (tertiary/aromatic N) is 2. The first kappa shape index (κ1) is 16.1. The van der Waals surface area contributed by atoms with Crippen LogP contribution in [0.1, 0.15) is 36.7 Å². The van der Waals surface area contributed by atoms with Gasteiger partial charge in [-0.3, -0.25) is 9.59 Å². The highest BCUT2D eigenvalue weighted by atomic mass is 32.1. The monoisotopic (exact) mass is 368 g/mol. The molecule has 6 heteroatoms. The van der Waals surface area contributed by atoms with Gasteiger partial charge in [0, 0.05) is 12.8 Å². The Balaban J connectivity index is 1.38. The van der Waals surface area contributed by atoms with E-state index in [-0.39, 0.29) is 29.7 Å². The Bertz CT molecular complexity index is 846. The molecule has 5 nitrogen and oxygen atoms in total. The van der Waals surface area contributed by atoms with E-state index in [9.17, 15) is 9.59 Å². The van der Waals surface area contributed by atoms with Crippen molar-refractivity contribution in [1.82, 2.24) is 9.88 Å². The van der Waals surface area contributed by atoms with E-state index in [1.165, 1.54) is 9.60 Å². The fourth-order valence-corrected chi connectivity index (χ4v) is 5.83. The van der Waals surface area contributed by atoms with Crippen LogP contribution in [0.25, 0.3) is 10.2 Å². The number of imide groups is 1. The summed E-state index contributed by atoms with van der Waals surface area (Å²) in [5.74, 6) is -0.190. The zero-order valence-corrected chi connectivity index (χ0v) is 15.4. The Labute approximate surface area is 156 Å². The Morgan fingerprint density at radius 1 is 1.12 bits per heavy atom. The summed E-state index contributed by atoms with van der Waals surface area (Å²) in [7, 11) is 0. The zero-order chi connectivity index (χ0) is 17.7. The maximum atomic E-state index is 12.8. The number of carbonyl (C=O) groups is 2. The fraction of sp³-hybridized carbons (Fsp3) is 0.450. The van der Waals surface area contributed by atoms with Gasteiger partial charge in [-0.2, -0.15) is 0 Å². The number of hydrogen-bond donors (Lipinski definition) is 1. The third-order valence-corrected chi connectivity index (χ3v) is 7.20. The first-order valence-electron chi connectivity index (χ1n) is 9.42. The Kier molecular flexibility index (Phi) is 3.90. The second kappa shape index (κ2) is 6.28. The zero-order valence-electron chi connectivity index (χ0n) is 14.6. The molecule has 3 aliphatic rings. The van der Waals surface area contributed by atoms with Gasteiger partial charge in [0.1, 0.15) is 6.04 Å². The third kappa shape index (κ3) is 2.51. The van der Waals surface area contributed by atoms with Crippen molar-refractivity contribution in [2.75, 3.05) is 13.2 Å². The molecule has 1 unspecified atom stereocenters. The van der Waals surface area contributed by atoms with Crippen LogP contribution in [0.15, 0.2) is 36.4 Å². The predicted molar refractivity (Wildman–Crippen MR) is 99.5 cm³/mol. The van der Waals surface area contributed by atoms with Crippen LogP contribution < -0.4 is 4.90 Å². The number of benzene rings is 1. The summed E-state index contributed by atoms with van der Waals surface area (Å²) in [5, 5.41) is 1.14. The molecule has 2 aromatic rings. The van der Waals surface area contributed by atoms with Crippen molar-refractivity contribution in [2.45, 2.75) is 31.7 Å². The minimum Gasteiger partial charge on any atom is -0.309 e. The van der Waals surface area contributed by atoms with Crippen molar-refractivity contribution in [3.63, 3.8) is 0 Å². The number of quaternary nitrogens is 1. The van der Waals surface area contributed by atoms with Gasteiger partial charge in [-0.25, -0.2) is 9.88 Å². The number of aromatic nitrogens is 1. The lowest BCUT2D eigenvalue weighted by molar-refractivity contribution is -0.925. The average molecular weight is 368 g/mol. The second-order valence-electron chi connectivity index (χ2n) is 7.54. The molecule has 4 atom stereocenters. The van der Waals surface area contributed by atoms with Crippen molar-refractivity contribution in [3.8, 4) is 0 Å². The van der Waals surface area contributed by atoms with Crippen LogP contribution in [0.2, 0.25) is 0 Å². The molecule has 0 bridgehead atoms. The van der Waals surface area contributed by atoms with Crippen LogP contribution in [-0.2, 0) is 9.59 Å². The van der Waals surface area contributed by atoms with Gasteiger partial charge in [0.15, 0.2) is 11.7 Å². The summed E-state index contributed by atoms with van der Waals surface area (Å²) in [5.41, 5.74) is 1.05. The largest absolute Gasteiger partial charge is 0.309 e. The summed E-state index contributed by atoms with van der Waals surface area (Å²) < 4.78 is 1.21. The van der Waals surface area contributed by atoms with E-state index in [0.29, 0.717) is 19.5 Å². The maximum Gasteiger partial charge on any atom is 0.237 e. The molecule has 1 N–H and O–H groups in total. The summed E-state index contributed by atoms with van der Waals surface area (Å²) in [6, 6.07) is 8.50. The number of carbonyl (C=O) groups excluding carboxylic acids is 2. The lowest BCUT2D eigenvalue weighted by atomic mass is 9.85. The number of likely N-dealkylation sites (tertiary alicyclic amines) is 2.